The van der Waals surface area contributed by atoms with Crippen molar-refractivity contribution < 1.29 is 14.7 Å². The van der Waals surface area contributed by atoms with E-state index in [1.165, 1.54) is 0 Å². The second kappa shape index (κ2) is 7.47. The van der Waals surface area contributed by atoms with Crippen molar-refractivity contribution in [3.05, 3.63) is 29.3 Å². The molecule has 1 aliphatic heterocycles. The van der Waals surface area contributed by atoms with Gasteiger partial charge in [0.1, 0.15) is 0 Å². The molecule has 0 spiro atoms. The zero-order chi connectivity index (χ0) is 16.1. The number of carbonyl (C=O) groups is 2. The Hall–Kier alpha value is -1.79. The fraction of sp³-hybridized carbons (Fsp3) is 0.467. The number of amides is 3. The van der Waals surface area contributed by atoms with Crippen molar-refractivity contribution >= 4 is 29.2 Å². The number of halogens is 1. The maximum absolute atomic E-state index is 12.1. The summed E-state index contributed by atoms with van der Waals surface area (Å²) in [6.45, 7) is 2.19. The molecule has 120 valence electrons. The lowest BCUT2D eigenvalue weighted by molar-refractivity contribution is -0.117. The zero-order valence-corrected chi connectivity index (χ0v) is 13.1. The van der Waals surface area contributed by atoms with Gasteiger partial charge in [0.2, 0.25) is 5.91 Å². The molecular weight excluding hydrogens is 306 g/mol. The average Bonchev–Trinajstić information content (AvgIpc) is 2.86. The highest BCUT2D eigenvalue weighted by molar-refractivity contribution is 6.30. The van der Waals surface area contributed by atoms with E-state index in [0.29, 0.717) is 18.0 Å². The third-order valence-corrected chi connectivity index (χ3v) is 3.90. The van der Waals surface area contributed by atoms with Crippen LogP contribution in [0.5, 0.6) is 0 Å². The molecule has 1 aromatic rings. The van der Waals surface area contributed by atoms with Crippen LogP contribution in [-0.4, -0.2) is 42.3 Å². The SMILES string of the molecule is CC[C@H](CO)NC(=O)N[C@@H]1CC(=O)N(c2ccc(Cl)cc2)C1. The first-order chi connectivity index (χ1) is 10.5. The molecule has 0 radical (unpaired) electrons. The van der Waals surface area contributed by atoms with Crippen molar-refractivity contribution in [3.63, 3.8) is 0 Å². The van der Waals surface area contributed by atoms with Crippen molar-refractivity contribution in [2.75, 3.05) is 18.1 Å². The summed E-state index contributed by atoms with van der Waals surface area (Å²) < 4.78 is 0. The fourth-order valence-corrected chi connectivity index (χ4v) is 2.49. The van der Waals surface area contributed by atoms with Crippen LogP contribution in [-0.2, 0) is 4.79 Å². The number of urea groups is 1. The molecule has 22 heavy (non-hydrogen) atoms. The molecule has 1 fully saturated rings. The minimum Gasteiger partial charge on any atom is -0.394 e. The van der Waals surface area contributed by atoms with Gasteiger partial charge in [0.05, 0.1) is 18.7 Å². The quantitative estimate of drug-likeness (QED) is 0.767. The second-order valence-corrected chi connectivity index (χ2v) is 5.72. The monoisotopic (exact) mass is 325 g/mol. The number of rotatable bonds is 5. The van der Waals surface area contributed by atoms with Crippen LogP contribution in [0.4, 0.5) is 10.5 Å². The van der Waals surface area contributed by atoms with E-state index >= 15 is 0 Å². The molecule has 0 saturated carbocycles. The molecule has 3 amide bonds. The molecule has 0 aliphatic carbocycles. The Morgan fingerprint density at radius 3 is 2.73 bits per heavy atom. The highest BCUT2D eigenvalue weighted by atomic mass is 35.5. The smallest absolute Gasteiger partial charge is 0.315 e. The number of hydrogen-bond donors (Lipinski definition) is 3. The van der Waals surface area contributed by atoms with E-state index < -0.39 is 0 Å². The van der Waals surface area contributed by atoms with E-state index in [1.807, 2.05) is 6.92 Å². The molecule has 1 aromatic carbocycles. The third-order valence-electron chi connectivity index (χ3n) is 3.65. The zero-order valence-electron chi connectivity index (χ0n) is 12.4. The van der Waals surface area contributed by atoms with E-state index in [2.05, 4.69) is 10.6 Å². The van der Waals surface area contributed by atoms with Crippen LogP contribution in [0.3, 0.4) is 0 Å². The largest absolute Gasteiger partial charge is 0.394 e. The summed E-state index contributed by atoms with van der Waals surface area (Å²) in [6.07, 6.45) is 0.899. The Labute approximate surface area is 134 Å². The molecule has 1 aliphatic rings. The highest BCUT2D eigenvalue weighted by Gasteiger charge is 2.31. The topological polar surface area (TPSA) is 81.7 Å². The number of anilines is 1. The van der Waals surface area contributed by atoms with Crippen LogP contribution in [0.1, 0.15) is 19.8 Å². The van der Waals surface area contributed by atoms with Gasteiger partial charge in [0.15, 0.2) is 0 Å². The maximum Gasteiger partial charge on any atom is 0.315 e. The summed E-state index contributed by atoms with van der Waals surface area (Å²) >= 11 is 5.84. The number of carbonyl (C=O) groups excluding carboxylic acids is 2. The van der Waals surface area contributed by atoms with Crippen LogP contribution in [0.2, 0.25) is 5.02 Å². The molecule has 7 heteroatoms. The predicted octanol–water partition coefficient (Wildman–Crippen LogP) is 1.52. The lowest BCUT2D eigenvalue weighted by Crippen LogP contribution is -2.48. The van der Waals surface area contributed by atoms with Gasteiger partial charge in [0, 0.05) is 23.7 Å². The summed E-state index contributed by atoms with van der Waals surface area (Å²) in [4.78, 5) is 25.5. The number of hydrogen-bond acceptors (Lipinski definition) is 3. The number of nitrogens with zero attached hydrogens (tertiary/aromatic N) is 1. The van der Waals surface area contributed by atoms with Gasteiger partial charge in [-0.3, -0.25) is 4.79 Å². The molecule has 0 unspecified atom stereocenters. The summed E-state index contributed by atoms with van der Waals surface area (Å²) in [7, 11) is 0. The maximum atomic E-state index is 12.1. The van der Waals surface area contributed by atoms with Gasteiger partial charge in [-0.2, -0.15) is 0 Å². The van der Waals surface area contributed by atoms with Gasteiger partial charge in [-0.05, 0) is 30.7 Å². The Bertz CT molecular complexity index is 531. The van der Waals surface area contributed by atoms with Crippen LogP contribution in [0, 0.1) is 0 Å². The van der Waals surface area contributed by atoms with Gasteiger partial charge in [-0.15, -0.1) is 0 Å². The van der Waals surface area contributed by atoms with E-state index in [1.54, 1.807) is 29.2 Å². The van der Waals surface area contributed by atoms with Gasteiger partial charge in [-0.25, -0.2) is 4.79 Å². The van der Waals surface area contributed by atoms with Crippen molar-refractivity contribution in [1.82, 2.24) is 10.6 Å². The molecule has 2 atom stereocenters. The molecule has 1 heterocycles. The van der Waals surface area contributed by atoms with Crippen molar-refractivity contribution in [2.24, 2.45) is 0 Å². The first-order valence-electron chi connectivity index (χ1n) is 7.27. The van der Waals surface area contributed by atoms with Crippen LogP contribution in [0.25, 0.3) is 0 Å². The normalized spacial score (nSPS) is 19.1. The van der Waals surface area contributed by atoms with E-state index in [4.69, 9.17) is 16.7 Å². The summed E-state index contributed by atoms with van der Waals surface area (Å²) in [5.74, 6) is -0.0400. The standard InChI is InChI=1S/C15H20ClN3O3/c1-2-11(9-20)17-15(22)18-12-7-14(21)19(8-12)13-5-3-10(16)4-6-13/h3-6,11-12,20H,2,7-9H2,1H3,(H2,17,18,22)/t11-,12-/m1/s1. The molecule has 3 N–H and O–H groups in total. The summed E-state index contributed by atoms with van der Waals surface area (Å²) in [5, 5.41) is 15.1. The Morgan fingerprint density at radius 1 is 1.45 bits per heavy atom. The van der Waals surface area contributed by atoms with Crippen molar-refractivity contribution in [1.29, 1.82) is 0 Å². The number of benzene rings is 1. The second-order valence-electron chi connectivity index (χ2n) is 5.29. The third kappa shape index (κ3) is 4.11. The molecule has 1 saturated heterocycles. The lowest BCUT2D eigenvalue weighted by atomic mass is 10.2. The molecule has 2 rings (SSSR count). The van der Waals surface area contributed by atoms with Crippen molar-refractivity contribution in [3.8, 4) is 0 Å². The van der Waals surface area contributed by atoms with E-state index in [0.717, 1.165) is 5.69 Å². The van der Waals surface area contributed by atoms with Crippen molar-refractivity contribution in [2.45, 2.75) is 31.8 Å². The van der Waals surface area contributed by atoms with Crippen LogP contribution >= 0.6 is 11.6 Å². The fourth-order valence-electron chi connectivity index (χ4n) is 2.36. The minimum atomic E-state index is -0.364. The molecule has 0 aromatic heterocycles. The summed E-state index contributed by atoms with van der Waals surface area (Å²) in [6, 6.07) is 6.12. The Balaban J connectivity index is 1.92. The molecule has 6 nitrogen and oxygen atoms in total. The molecule has 0 bridgehead atoms. The lowest BCUT2D eigenvalue weighted by Gasteiger charge is -2.19. The Kier molecular flexibility index (Phi) is 5.63. The first-order valence-corrected chi connectivity index (χ1v) is 7.65. The van der Waals surface area contributed by atoms with Crippen LogP contribution < -0.4 is 15.5 Å². The minimum absolute atomic E-state index is 0.0400. The molecular formula is C15H20ClN3O3. The average molecular weight is 326 g/mol. The van der Waals surface area contributed by atoms with E-state index in [9.17, 15) is 9.59 Å². The van der Waals surface area contributed by atoms with Gasteiger partial charge in [0.25, 0.3) is 0 Å². The first kappa shape index (κ1) is 16.6. The number of aliphatic hydroxyl groups excluding tert-OH is 1. The number of nitrogens with one attached hydrogen (secondary N) is 2. The Morgan fingerprint density at radius 2 is 2.14 bits per heavy atom. The van der Waals surface area contributed by atoms with E-state index in [-0.39, 0.29) is 37.0 Å². The highest BCUT2D eigenvalue weighted by Crippen LogP contribution is 2.23. The summed E-state index contributed by atoms with van der Waals surface area (Å²) in [5.41, 5.74) is 0.765. The van der Waals surface area contributed by atoms with Gasteiger partial charge < -0.3 is 20.6 Å². The van der Waals surface area contributed by atoms with Crippen LogP contribution in [0.15, 0.2) is 24.3 Å². The predicted molar refractivity (Wildman–Crippen MR) is 85.0 cm³/mol. The van der Waals surface area contributed by atoms with Gasteiger partial charge in [-0.1, -0.05) is 18.5 Å². The number of aliphatic hydroxyl groups is 1. The van der Waals surface area contributed by atoms with Gasteiger partial charge >= 0.3 is 6.03 Å².